The third kappa shape index (κ3) is 3.69. The molecule has 2 aromatic rings. The first-order valence-corrected chi connectivity index (χ1v) is 6.76. The number of benzene rings is 2. The molecule has 4 N–H and O–H groups in total. The van der Waals surface area contributed by atoms with Gasteiger partial charge < -0.3 is 16.3 Å². The van der Waals surface area contributed by atoms with Gasteiger partial charge in [0.2, 0.25) is 0 Å². The van der Waals surface area contributed by atoms with Crippen LogP contribution in [0.2, 0.25) is 0 Å². The molecule has 2 rings (SSSR count). The van der Waals surface area contributed by atoms with Crippen LogP contribution in [0.15, 0.2) is 46.0 Å². The maximum absolute atomic E-state index is 13.3. The molecule has 0 aliphatic rings. The quantitative estimate of drug-likeness (QED) is 0.340. The Morgan fingerprint density at radius 3 is 2.52 bits per heavy atom. The summed E-state index contributed by atoms with van der Waals surface area (Å²) in [5, 5.41) is 14.7. The fourth-order valence-electron chi connectivity index (χ4n) is 1.82. The molecule has 0 unspecified atom stereocenters. The summed E-state index contributed by atoms with van der Waals surface area (Å²) in [6.07, 6.45) is 0. The number of nitrogens with one attached hydrogen (secondary N) is 1. The van der Waals surface area contributed by atoms with Gasteiger partial charge in [-0.15, -0.1) is 0 Å². The van der Waals surface area contributed by atoms with E-state index in [2.05, 4.69) is 26.4 Å². The van der Waals surface area contributed by atoms with E-state index in [0.717, 1.165) is 0 Å². The van der Waals surface area contributed by atoms with E-state index >= 15 is 0 Å². The monoisotopic (exact) mass is 355 g/mol. The fourth-order valence-corrected chi connectivity index (χ4v) is 2.31. The lowest BCUT2D eigenvalue weighted by Gasteiger charge is -2.12. The van der Waals surface area contributed by atoms with Gasteiger partial charge in [-0.1, -0.05) is 11.2 Å². The number of hydrogen-bond acceptors (Lipinski definition) is 3. The first-order chi connectivity index (χ1) is 10.0. The Bertz CT molecular complexity index is 692. The van der Waals surface area contributed by atoms with Crippen molar-refractivity contribution in [2.45, 2.75) is 6.54 Å². The molecular formula is C14H12BrF2N3O. The van der Waals surface area contributed by atoms with Gasteiger partial charge in [0.1, 0.15) is 11.6 Å². The van der Waals surface area contributed by atoms with Gasteiger partial charge in [-0.05, 0) is 51.8 Å². The second-order valence-corrected chi connectivity index (χ2v) is 5.12. The van der Waals surface area contributed by atoms with E-state index in [1.54, 1.807) is 6.07 Å². The van der Waals surface area contributed by atoms with E-state index in [1.807, 2.05) is 0 Å². The number of halogens is 3. The normalized spacial score (nSPS) is 11.5. The van der Waals surface area contributed by atoms with Crippen LogP contribution in [0.1, 0.15) is 11.1 Å². The van der Waals surface area contributed by atoms with E-state index in [1.165, 1.54) is 30.3 Å². The SMILES string of the molecule is NC(=NO)c1cc(F)ccc1CNc1ccc(F)cc1Br. The van der Waals surface area contributed by atoms with E-state index in [0.29, 0.717) is 27.8 Å². The molecule has 110 valence electrons. The number of anilines is 1. The number of nitrogens with two attached hydrogens (primary N) is 1. The van der Waals surface area contributed by atoms with Crippen LogP contribution in [0.5, 0.6) is 0 Å². The summed E-state index contributed by atoms with van der Waals surface area (Å²) < 4.78 is 26.8. The van der Waals surface area contributed by atoms with Crippen LogP contribution < -0.4 is 11.1 Å². The van der Waals surface area contributed by atoms with E-state index in [-0.39, 0.29) is 11.7 Å². The second-order valence-electron chi connectivity index (χ2n) is 4.26. The molecule has 0 spiro atoms. The second kappa shape index (κ2) is 6.53. The highest BCUT2D eigenvalue weighted by Crippen LogP contribution is 2.24. The van der Waals surface area contributed by atoms with Gasteiger partial charge in [-0.25, -0.2) is 8.78 Å². The standard InChI is InChI=1S/C14H12BrF2N3O/c15-12-6-10(17)3-4-13(12)19-7-8-1-2-9(16)5-11(8)14(18)20-21/h1-6,19,21H,7H2,(H2,18,20). The molecule has 0 radical (unpaired) electrons. The lowest BCUT2D eigenvalue weighted by Crippen LogP contribution is -2.17. The van der Waals surface area contributed by atoms with Crippen molar-refractivity contribution >= 4 is 27.5 Å². The van der Waals surface area contributed by atoms with Crippen molar-refractivity contribution < 1.29 is 14.0 Å². The molecule has 0 amide bonds. The first kappa shape index (κ1) is 15.2. The highest BCUT2D eigenvalue weighted by Gasteiger charge is 2.09. The minimum Gasteiger partial charge on any atom is -0.409 e. The average molecular weight is 356 g/mol. The molecule has 0 aromatic heterocycles. The smallest absolute Gasteiger partial charge is 0.170 e. The lowest BCUT2D eigenvalue weighted by atomic mass is 10.1. The van der Waals surface area contributed by atoms with Crippen LogP contribution in [-0.4, -0.2) is 11.0 Å². The molecule has 0 saturated carbocycles. The Kier molecular flexibility index (Phi) is 4.74. The van der Waals surface area contributed by atoms with E-state index in [4.69, 9.17) is 10.9 Å². The van der Waals surface area contributed by atoms with Crippen LogP contribution in [0.3, 0.4) is 0 Å². The van der Waals surface area contributed by atoms with Gasteiger partial charge in [0.25, 0.3) is 0 Å². The molecular weight excluding hydrogens is 344 g/mol. The minimum absolute atomic E-state index is 0.176. The first-order valence-electron chi connectivity index (χ1n) is 5.96. The molecule has 0 bridgehead atoms. The van der Waals surface area contributed by atoms with Crippen molar-refractivity contribution in [2.75, 3.05) is 5.32 Å². The van der Waals surface area contributed by atoms with Crippen LogP contribution in [-0.2, 0) is 6.54 Å². The Morgan fingerprint density at radius 1 is 1.19 bits per heavy atom. The largest absolute Gasteiger partial charge is 0.409 e. The van der Waals surface area contributed by atoms with Crippen molar-refractivity contribution in [3.63, 3.8) is 0 Å². The molecule has 21 heavy (non-hydrogen) atoms. The average Bonchev–Trinajstić information content (AvgIpc) is 2.46. The van der Waals surface area contributed by atoms with Gasteiger partial charge in [0.05, 0.1) is 0 Å². The number of hydrogen-bond donors (Lipinski definition) is 3. The van der Waals surface area contributed by atoms with Gasteiger partial charge in [-0.3, -0.25) is 0 Å². The van der Waals surface area contributed by atoms with Crippen LogP contribution in [0.25, 0.3) is 0 Å². The van der Waals surface area contributed by atoms with Gasteiger partial charge in [0, 0.05) is 22.3 Å². The van der Waals surface area contributed by atoms with Crippen molar-refractivity contribution in [1.82, 2.24) is 0 Å². The van der Waals surface area contributed by atoms with Crippen molar-refractivity contribution in [1.29, 1.82) is 0 Å². The Morgan fingerprint density at radius 2 is 1.86 bits per heavy atom. The lowest BCUT2D eigenvalue weighted by molar-refractivity contribution is 0.318. The zero-order valence-electron chi connectivity index (χ0n) is 10.8. The maximum Gasteiger partial charge on any atom is 0.170 e. The number of oxime groups is 1. The molecule has 0 saturated heterocycles. The molecule has 0 atom stereocenters. The molecule has 4 nitrogen and oxygen atoms in total. The third-order valence-electron chi connectivity index (χ3n) is 2.86. The number of nitrogens with zero attached hydrogens (tertiary/aromatic N) is 1. The molecule has 0 aliphatic carbocycles. The maximum atomic E-state index is 13.3. The predicted octanol–water partition coefficient (Wildman–Crippen LogP) is 3.43. The zero-order chi connectivity index (χ0) is 15.4. The third-order valence-corrected chi connectivity index (χ3v) is 3.51. The van der Waals surface area contributed by atoms with E-state index < -0.39 is 5.82 Å². The summed E-state index contributed by atoms with van der Waals surface area (Å²) in [5.41, 5.74) is 7.14. The summed E-state index contributed by atoms with van der Waals surface area (Å²) in [7, 11) is 0. The fraction of sp³-hybridized carbons (Fsp3) is 0.0714. The Hall–Kier alpha value is -2.15. The summed E-state index contributed by atoms with van der Waals surface area (Å²) >= 11 is 3.24. The Balaban J connectivity index is 2.24. The predicted molar refractivity (Wildman–Crippen MR) is 80.3 cm³/mol. The highest BCUT2D eigenvalue weighted by atomic mass is 79.9. The molecule has 0 heterocycles. The van der Waals surface area contributed by atoms with Gasteiger partial charge >= 0.3 is 0 Å². The van der Waals surface area contributed by atoms with Crippen LogP contribution in [0, 0.1) is 11.6 Å². The van der Waals surface area contributed by atoms with Gasteiger partial charge in [-0.2, -0.15) is 0 Å². The van der Waals surface area contributed by atoms with Crippen LogP contribution in [0.4, 0.5) is 14.5 Å². The summed E-state index contributed by atoms with van der Waals surface area (Å²) in [6.45, 7) is 0.302. The van der Waals surface area contributed by atoms with Crippen molar-refractivity contribution in [2.24, 2.45) is 10.9 Å². The molecule has 0 aliphatic heterocycles. The zero-order valence-corrected chi connectivity index (χ0v) is 12.4. The Labute approximate surface area is 128 Å². The van der Waals surface area contributed by atoms with Crippen molar-refractivity contribution in [3.05, 3.63) is 63.6 Å². The molecule has 7 heteroatoms. The van der Waals surface area contributed by atoms with E-state index in [9.17, 15) is 8.78 Å². The minimum atomic E-state index is -0.483. The van der Waals surface area contributed by atoms with Crippen LogP contribution >= 0.6 is 15.9 Å². The summed E-state index contributed by atoms with van der Waals surface area (Å²) in [6, 6.07) is 8.23. The molecule has 2 aromatic carbocycles. The number of amidine groups is 1. The summed E-state index contributed by atoms with van der Waals surface area (Å²) in [4.78, 5) is 0. The number of rotatable bonds is 4. The molecule has 0 fully saturated rings. The topological polar surface area (TPSA) is 70.6 Å². The highest BCUT2D eigenvalue weighted by molar-refractivity contribution is 9.10. The summed E-state index contributed by atoms with van der Waals surface area (Å²) in [5.74, 6) is -1.01. The van der Waals surface area contributed by atoms with Crippen molar-refractivity contribution in [3.8, 4) is 0 Å². The van der Waals surface area contributed by atoms with Gasteiger partial charge in [0.15, 0.2) is 5.84 Å².